The first-order valence-electron chi connectivity index (χ1n) is 4.63. The molecular weight excluding hydrogens is 148 g/mol. The third kappa shape index (κ3) is 0.674. The third-order valence-electron chi connectivity index (χ3n) is 3.36. The largest absolute Gasteiger partial charge is 0.392 e. The molecule has 2 bridgehead atoms. The first-order valence-corrected chi connectivity index (χ1v) is 4.63. The fourth-order valence-electron chi connectivity index (χ4n) is 2.82. The van der Waals surface area contributed by atoms with Crippen molar-refractivity contribution in [3.8, 4) is 0 Å². The maximum absolute atomic E-state index is 9.67. The monoisotopic (exact) mass is 160 g/mol. The molecule has 2 aliphatic rings. The van der Waals surface area contributed by atoms with Crippen LogP contribution >= 0.6 is 0 Å². The second kappa shape index (κ2) is 2.11. The van der Waals surface area contributed by atoms with Crippen LogP contribution in [-0.4, -0.2) is 11.2 Å². The van der Waals surface area contributed by atoms with Crippen LogP contribution in [0.3, 0.4) is 0 Å². The number of fused-ring (bicyclic) bond motifs is 5. The minimum Gasteiger partial charge on any atom is -0.392 e. The van der Waals surface area contributed by atoms with Gasteiger partial charge >= 0.3 is 0 Å². The fraction of sp³-hybridized carbons (Fsp3) is 0.455. The van der Waals surface area contributed by atoms with Gasteiger partial charge in [0.1, 0.15) is 0 Å². The van der Waals surface area contributed by atoms with Gasteiger partial charge in [0.25, 0.3) is 0 Å². The smallest absolute Gasteiger partial charge is 0.0614 e. The molecule has 0 heterocycles. The zero-order valence-electron chi connectivity index (χ0n) is 6.90. The maximum Gasteiger partial charge on any atom is 0.0614 e. The summed E-state index contributed by atoms with van der Waals surface area (Å²) in [7, 11) is 0. The topological polar surface area (TPSA) is 20.2 Å². The molecule has 1 saturated carbocycles. The molecule has 2 aliphatic carbocycles. The molecule has 3 rings (SSSR count). The van der Waals surface area contributed by atoms with E-state index in [0.717, 1.165) is 6.42 Å². The highest BCUT2D eigenvalue weighted by Gasteiger charge is 2.42. The van der Waals surface area contributed by atoms with E-state index in [1.165, 1.54) is 17.5 Å². The number of hydrogen-bond donors (Lipinski definition) is 1. The van der Waals surface area contributed by atoms with Crippen LogP contribution in [0.15, 0.2) is 24.3 Å². The molecule has 1 aromatic carbocycles. The highest BCUT2D eigenvalue weighted by molar-refractivity contribution is 5.42. The molecular formula is C11H12O. The number of aliphatic hydroxyl groups is 1. The summed E-state index contributed by atoms with van der Waals surface area (Å²) in [5.74, 6) is 1.10. The van der Waals surface area contributed by atoms with Crippen LogP contribution in [0.4, 0.5) is 0 Å². The zero-order valence-corrected chi connectivity index (χ0v) is 6.90. The van der Waals surface area contributed by atoms with E-state index < -0.39 is 0 Å². The standard InChI is InChI=1S/C11H12O/c12-11-6-7-5-10(11)9-4-2-1-3-8(7)9/h1-4,7,10-12H,5-6H2/t7-,10+,11-/m0/s1. The van der Waals surface area contributed by atoms with E-state index in [0.29, 0.717) is 11.8 Å². The lowest BCUT2D eigenvalue weighted by Gasteiger charge is -2.19. The summed E-state index contributed by atoms with van der Waals surface area (Å²) in [6.45, 7) is 0. The lowest BCUT2D eigenvalue weighted by molar-refractivity contribution is 0.158. The molecule has 62 valence electrons. The third-order valence-corrected chi connectivity index (χ3v) is 3.36. The highest BCUT2D eigenvalue weighted by Crippen LogP contribution is 2.52. The Labute approximate surface area is 72.0 Å². The quantitative estimate of drug-likeness (QED) is 0.615. The SMILES string of the molecule is O[C@H]1C[C@@H]2C[C@@H]1c1ccccc12. The Balaban J connectivity index is 2.17. The van der Waals surface area contributed by atoms with Gasteiger partial charge in [-0.15, -0.1) is 0 Å². The van der Waals surface area contributed by atoms with Gasteiger partial charge in [-0.1, -0.05) is 24.3 Å². The fourth-order valence-corrected chi connectivity index (χ4v) is 2.82. The first kappa shape index (κ1) is 6.67. The second-order valence-corrected chi connectivity index (χ2v) is 3.97. The van der Waals surface area contributed by atoms with Crippen molar-refractivity contribution in [1.29, 1.82) is 0 Å². The normalized spacial score (nSPS) is 36.9. The Morgan fingerprint density at radius 1 is 1.08 bits per heavy atom. The highest BCUT2D eigenvalue weighted by atomic mass is 16.3. The molecule has 0 saturated heterocycles. The van der Waals surface area contributed by atoms with E-state index in [2.05, 4.69) is 24.3 Å². The van der Waals surface area contributed by atoms with E-state index in [9.17, 15) is 5.11 Å². The van der Waals surface area contributed by atoms with Gasteiger partial charge < -0.3 is 5.11 Å². The van der Waals surface area contributed by atoms with Crippen LogP contribution in [-0.2, 0) is 0 Å². The summed E-state index contributed by atoms with van der Waals surface area (Å²) in [6, 6.07) is 8.56. The van der Waals surface area contributed by atoms with Gasteiger partial charge in [-0.25, -0.2) is 0 Å². The predicted molar refractivity (Wildman–Crippen MR) is 47.2 cm³/mol. The molecule has 1 fully saturated rings. The summed E-state index contributed by atoms with van der Waals surface area (Å²) in [5, 5.41) is 9.67. The summed E-state index contributed by atoms with van der Waals surface area (Å²) >= 11 is 0. The number of benzene rings is 1. The van der Waals surface area contributed by atoms with Crippen molar-refractivity contribution in [2.75, 3.05) is 0 Å². The average Bonchev–Trinajstić information content (AvgIpc) is 2.62. The van der Waals surface area contributed by atoms with Crippen LogP contribution in [0, 0.1) is 0 Å². The summed E-state index contributed by atoms with van der Waals surface area (Å²) in [5.41, 5.74) is 2.90. The van der Waals surface area contributed by atoms with Gasteiger partial charge in [-0.2, -0.15) is 0 Å². The summed E-state index contributed by atoms with van der Waals surface area (Å²) in [4.78, 5) is 0. The minimum atomic E-state index is -0.0649. The predicted octanol–water partition coefficient (Wildman–Crippen LogP) is 2.02. The lowest BCUT2D eigenvalue weighted by atomic mass is 9.90. The van der Waals surface area contributed by atoms with Crippen LogP contribution in [0.5, 0.6) is 0 Å². The molecule has 0 aromatic heterocycles. The molecule has 0 amide bonds. The van der Waals surface area contributed by atoms with Gasteiger partial charge in [0.15, 0.2) is 0 Å². The molecule has 0 spiro atoms. The van der Waals surface area contributed by atoms with Gasteiger partial charge in [0.2, 0.25) is 0 Å². The van der Waals surface area contributed by atoms with Crippen molar-refractivity contribution in [1.82, 2.24) is 0 Å². The number of hydrogen-bond acceptors (Lipinski definition) is 1. The van der Waals surface area contributed by atoms with E-state index >= 15 is 0 Å². The van der Waals surface area contributed by atoms with Gasteiger partial charge in [0, 0.05) is 5.92 Å². The number of rotatable bonds is 0. The maximum atomic E-state index is 9.67. The molecule has 0 aliphatic heterocycles. The molecule has 3 atom stereocenters. The Bertz CT molecular complexity index is 319. The Hall–Kier alpha value is -0.820. The van der Waals surface area contributed by atoms with Gasteiger partial charge in [-0.05, 0) is 29.9 Å². The molecule has 1 aromatic rings. The zero-order chi connectivity index (χ0) is 8.13. The van der Waals surface area contributed by atoms with Crippen LogP contribution in [0.2, 0.25) is 0 Å². The van der Waals surface area contributed by atoms with Crippen LogP contribution < -0.4 is 0 Å². The molecule has 1 N–H and O–H groups in total. The van der Waals surface area contributed by atoms with Crippen molar-refractivity contribution in [3.05, 3.63) is 35.4 Å². The molecule has 0 radical (unpaired) electrons. The van der Waals surface area contributed by atoms with Crippen LogP contribution in [0.25, 0.3) is 0 Å². The van der Waals surface area contributed by atoms with Crippen molar-refractivity contribution in [3.63, 3.8) is 0 Å². The van der Waals surface area contributed by atoms with E-state index in [4.69, 9.17) is 0 Å². The Morgan fingerprint density at radius 3 is 2.67 bits per heavy atom. The molecule has 1 nitrogen and oxygen atoms in total. The summed E-state index contributed by atoms with van der Waals surface area (Å²) < 4.78 is 0. The molecule has 1 heteroatoms. The summed E-state index contributed by atoms with van der Waals surface area (Å²) in [6.07, 6.45) is 2.10. The van der Waals surface area contributed by atoms with E-state index in [-0.39, 0.29) is 6.10 Å². The second-order valence-electron chi connectivity index (χ2n) is 3.97. The molecule has 0 unspecified atom stereocenters. The lowest BCUT2D eigenvalue weighted by Crippen LogP contribution is -2.14. The molecule has 12 heavy (non-hydrogen) atoms. The van der Waals surface area contributed by atoms with Crippen LogP contribution in [0.1, 0.15) is 35.8 Å². The van der Waals surface area contributed by atoms with Crippen molar-refractivity contribution < 1.29 is 5.11 Å². The Morgan fingerprint density at radius 2 is 1.83 bits per heavy atom. The van der Waals surface area contributed by atoms with Crippen molar-refractivity contribution >= 4 is 0 Å². The minimum absolute atomic E-state index is 0.0649. The van der Waals surface area contributed by atoms with Gasteiger partial charge in [0.05, 0.1) is 6.10 Å². The van der Waals surface area contributed by atoms with Gasteiger partial charge in [-0.3, -0.25) is 0 Å². The van der Waals surface area contributed by atoms with E-state index in [1.54, 1.807) is 0 Å². The first-order chi connectivity index (χ1) is 5.86. The average molecular weight is 160 g/mol. The van der Waals surface area contributed by atoms with Crippen molar-refractivity contribution in [2.24, 2.45) is 0 Å². The number of aliphatic hydroxyl groups excluding tert-OH is 1. The van der Waals surface area contributed by atoms with Crippen molar-refractivity contribution in [2.45, 2.75) is 30.8 Å². The Kier molecular flexibility index (Phi) is 1.17. The van der Waals surface area contributed by atoms with E-state index in [1.807, 2.05) is 0 Å².